The molecule has 1 aromatic carbocycles. The zero-order chi connectivity index (χ0) is 11.5. The number of pyridine rings is 1. The van der Waals surface area contributed by atoms with Crippen LogP contribution in [-0.4, -0.2) is 4.98 Å². The van der Waals surface area contributed by atoms with Gasteiger partial charge in [0.05, 0.1) is 6.04 Å². The second-order valence-electron chi connectivity index (χ2n) is 3.44. The Hall–Kier alpha value is -1.23. The number of benzene rings is 1. The first-order valence-electron chi connectivity index (χ1n) is 4.79. The third kappa shape index (κ3) is 3.63. The number of nitrogens with two attached hydrogens (primary N) is 1. The molecule has 0 fully saturated rings. The standard InChI is InChI=1S/C12H10F2N2.2ClH/c13-10-4-3-8(6-11(10)14)12(15)9-2-1-5-16-7-9;;/h1-7,12H,15H2;2*1H. The molecule has 0 aliphatic carbocycles. The van der Waals surface area contributed by atoms with Crippen LogP contribution in [0, 0.1) is 11.6 Å². The fraction of sp³-hybridized carbons (Fsp3) is 0.0833. The molecular weight excluding hydrogens is 281 g/mol. The van der Waals surface area contributed by atoms with Gasteiger partial charge in [-0.1, -0.05) is 12.1 Å². The first kappa shape index (κ1) is 16.8. The summed E-state index contributed by atoms with van der Waals surface area (Å²) in [5.74, 6) is -1.76. The Morgan fingerprint density at radius 3 is 2.28 bits per heavy atom. The summed E-state index contributed by atoms with van der Waals surface area (Å²) in [6.45, 7) is 0. The van der Waals surface area contributed by atoms with Crippen molar-refractivity contribution in [2.75, 3.05) is 0 Å². The molecule has 1 atom stereocenters. The van der Waals surface area contributed by atoms with Crippen molar-refractivity contribution in [3.8, 4) is 0 Å². The molecule has 98 valence electrons. The van der Waals surface area contributed by atoms with Crippen molar-refractivity contribution in [1.29, 1.82) is 0 Å². The van der Waals surface area contributed by atoms with E-state index in [1.54, 1.807) is 24.5 Å². The normalized spacial score (nSPS) is 11.1. The third-order valence-electron chi connectivity index (χ3n) is 2.35. The lowest BCUT2D eigenvalue weighted by molar-refractivity contribution is 0.506. The summed E-state index contributed by atoms with van der Waals surface area (Å²) < 4.78 is 25.7. The summed E-state index contributed by atoms with van der Waals surface area (Å²) in [7, 11) is 0. The molecule has 0 amide bonds. The summed E-state index contributed by atoms with van der Waals surface area (Å²) in [4.78, 5) is 3.92. The molecule has 1 unspecified atom stereocenters. The van der Waals surface area contributed by atoms with Crippen LogP contribution in [0.4, 0.5) is 8.78 Å². The Morgan fingerprint density at radius 1 is 1.00 bits per heavy atom. The molecule has 0 aliphatic heterocycles. The minimum Gasteiger partial charge on any atom is -0.320 e. The highest BCUT2D eigenvalue weighted by Crippen LogP contribution is 2.20. The third-order valence-corrected chi connectivity index (χ3v) is 2.35. The van der Waals surface area contributed by atoms with Gasteiger partial charge >= 0.3 is 0 Å². The highest BCUT2D eigenvalue weighted by atomic mass is 35.5. The number of halogens is 4. The lowest BCUT2D eigenvalue weighted by Crippen LogP contribution is -2.12. The van der Waals surface area contributed by atoms with Crippen LogP contribution >= 0.6 is 24.8 Å². The van der Waals surface area contributed by atoms with E-state index in [0.717, 1.165) is 17.7 Å². The van der Waals surface area contributed by atoms with Gasteiger partial charge in [0.15, 0.2) is 11.6 Å². The maximum atomic E-state index is 13.0. The Bertz CT molecular complexity index is 495. The molecule has 1 aromatic heterocycles. The minimum atomic E-state index is -0.892. The van der Waals surface area contributed by atoms with E-state index in [0.29, 0.717) is 5.56 Å². The monoisotopic (exact) mass is 292 g/mol. The summed E-state index contributed by atoms with van der Waals surface area (Å²) in [5.41, 5.74) is 7.18. The number of nitrogens with zero attached hydrogens (tertiary/aromatic N) is 1. The zero-order valence-corrected chi connectivity index (χ0v) is 10.8. The molecule has 2 aromatic rings. The predicted molar refractivity (Wildman–Crippen MR) is 71.1 cm³/mol. The fourth-order valence-electron chi connectivity index (χ4n) is 1.46. The molecule has 0 bridgehead atoms. The number of aromatic nitrogens is 1. The van der Waals surface area contributed by atoms with Gasteiger partial charge in [0.2, 0.25) is 0 Å². The van der Waals surface area contributed by atoms with Crippen molar-refractivity contribution >= 4 is 24.8 Å². The predicted octanol–water partition coefficient (Wildman–Crippen LogP) is 3.25. The van der Waals surface area contributed by atoms with E-state index in [4.69, 9.17) is 5.73 Å². The largest absolute Gasteiger partial charge is 0.320 e. The molecular formula is C12H12Cl2F2N2. The average Bonchev–Trinajstić information content (AvgIpc) is 2.33. The van der Waals surface area contributed by atoms with E-state index < -0.39 is 17.7 Å². The molecule has 6 heteroatoms. The fourth-order valence-corrected chi connectivity index (χ4v) is 1.46. The second kappa shape index (κ2) is 7.26. The van der Waals surface area contributed by atoms with E-state index in [2.05, 4.69) is 4.98 Å². The molecule has 2 N–H and O–H groups in total. The second-order valence-corrected chi connectivity index (χ2v) is 3.44. The van der Waals surface area contributed by atoms with Crippen LogP contribution in [0.2, 0.25) is 0 Å². The topological polar surface area (TPSA) is 38.9 Å². The molecule has 0 saturated heterocycles. The van der Waals surface area contributed by atoms with E-state index in [1.807, 2.05) is 0 Å². The van der Waals surface area contributed by atoms with E-state index >= 15 is 0 Å². The molecule has 1 heterocycles. The van der Waals surface area contributed by atoms with Gasteiger partial charge in [-0.2, -0.15) is 0 Å². The smallest absolute Gasteiger partial charge is 0.159 e. The summed E-state index contributed by atoms with van der Waals surface area (Å²) in [5, 5.41) is 0. The van der Waals surface area contributed by atoms with E-state index in [1.165, 1.54) is 6.07 Å². The zero-order valence-electron chi connectivity index (χ0n) is 9.22. The van der Waals surface area contributed by atoms with Crippen molar-refractivity contribution in [1.82, 2.24) is 4.98 Å². The quantitative estimate of drug-likeness (QED) is 0.923. The van der Waals surface area contributed by atoms with Gasteiger partial charge in [-0.15, -0.1) is 24.8 Å². The van der Waals surface area contributed by atoms with Gasteiger partial charge in [0.25, 0.3) is 0 Å². The van der Waals surface area contributed by atoms with Crippen LogP contribution in [0.25, 0.3) is 0 Å². The maximum absolute atomic E-state index is 13.0. The number of rotatable bonds is 2. The maximum Gasteiger partial charge on any atom is 0.159 e. The Labute approximate surface area is 116 Å². The van der Waals surface area contributed by atoms with Crippen LogP contribution < -0.4 is 5.73 Å². The van der Waals surface area contributed by atoms with Gasteiger partial charge in [0.1, 0.15) is 0 Å². The molecule has 0 radical (unpaired) electrons. The van der Waals surface area contributed by atoms with Crippen LogP contribution in [0.5, 0.6) is 0 Å². The van der Waals surface area contributed by atoms with Gasteiger partial charge in [-0.05, 0) is 29.3 Å². The minimum absolute atomic E-state index is 0. The van der Waals surface area contributed by atoms with Crippen LogP contribution in [0.15, 0.2) is 42.7 Å². The van der Waals surface area contributed by atoms with Gasteiger partial charge in [-0.25, -0.2) is 8.78 Å². The van der Waals surface area contributed by atoms with Gasteiger partial charge in [0, 0.05) is 12.4 Å². The Balaban J connectivity index is 0.00000144. The highest BCUT2D eigenvalue weighted by Gasteiger charge is 2.11. The lowest BCUT2D eigenvalue weighted by atomic mass is 10.0. The van der Waals surface area contributed by atoms with Crippen LogP contribution in [0.3, 0.4) is 0 Å². The summed E-state index contributed by atoms with van der Waals surface area (Å²) in [6.07, 6.45) is 3.23. The first-order valence-corrected chi connectivity index (χ1v) is 4.79. The SMILES string of the molecule is Cl.Cl.NC(c1cccnc1)c1ccc(F)c(F)c1. The van der Waals surface area contributed by atoms with Crippen LogP contribution in [-0.2, 0) is 0 Å². The first-order chi connectivity index (χ1) is 7.68. The van der Waals surface area contributed by atoms with Crippen molar-refractivity contribution in [2.45, 2.75) is 6.04 Å². The molecule has 0 spiro atoms. The molecule has 0 saturated carbocycles. The number of hydrogen-bond donors (Lipinski definition) is 1. The van der Waals surface area contributed by atoms with Crippen molar-refractivity contribution in [2.24, 2.45) is 5.73 Å². The van der Waals surface area contributed by atoms with E-state index in [-0.39, 0.29) is 24.8 Å². The molecule has 18 heavy (non-hydrogen) atoms. The van der Waals surface area contributed by atoms with Gasteiger partial charge in [-0.3, -0.25) is 4.98 Å². The lowest BCUT2D eigenvalue weighted by Gasteiger charge is -2.11. The summed E-state index contributed by atoms with van der Waals surface area (Å²) >= 11 is 0. The Kier molecular flexibility index (Phi) is 6.76. The summed E-state index contributed by atoms with van der Waals surface area (Å²) in [6, 6.07) is 6.68. The van der Waals surface area contributed by atoms with Gasteiger partial charge < -0.3 is 5.73 Å². The number of hydrogen-bond acceptors (Lipinski definition) is 2. The van der Waals surface area contributed by atoms with Crippen molar-refractivity contribution < 1.29 is 8.78 Å². The van der Waals surface area contributed by atoms with E-state index in [9.17, 15) is 8.78 Å². The van der Waals surface area contributed by atoms with Crippen molar-refractivity contribution in [3.63, 3.8) is 0 Å². The highest BCUT2D eigenvalue weighted by molar-refractivity contribution is 5.85. The molecule has 0 aliphatic rings. The van der Waals surface area contributed by atoms with Crippen LogP contribution in [0.1, 0.15) is 17.2 Å². The molecule has 2 rings (SSSR count). The average molecular weight is 293 g/mol. The molecule has 2 nitrogen and oxygen atoms in total. The van der Waals surface area contributed by atoms with Crippen molar-refractivity contribution in [3.05, 3.63) is 65.5 Å². The Morgan fingerprint density at radius 2 is 1.72 bits per heavy atom.